The van der Waals surface area contributed by atoms with Crippen LogP contribution in [-0.4, -0.2) is 64.6 Å². The summed E-state index contributed by atoms with van der Waals surface area (Å²) in [5, 5.41) is 17.7. The van der Waals surface area contributed by atoms with Crippen LogP contribution in [0.3, 0.4) is 0 Å². The standard InChI is InChI=1S/C23H33N5O3/c29-17-3-1-15(2-4-17)19-13-25-22(31-18-5-9-24-10-6-18)20-14-26-23(28-21(19)20)27-16-7-11-30-12-8-16/h13-18,24,29H,1-12H2,(H,26,27,28)/t15-,17-. The molecule has 3 aliphatic rings. The Balaban J connectivity index is 1.46. The molecular formula is C23H33N5O3. The number of anilines is 1. The van der Waals surface area contributed by atoms with Gasteiger partial charge < -0.3 is 25.2 Å². The van der Waals surface area contributed by atoms with Crippen molar-refractivity contribution in [3.8, 4) is 5.88 Å². The molecule has 3 N–H and O–H groups in total. The summed E-state index contributed by atoms with van der Waals surface area (Å²) in [7, 11) is 0. The average Bonchev–Trinajstić information content (AvgIpc) is 2.81. The maximum Gasteiger partial charge on any atom is 0.224 e. The molecule has 0 spiro atoms. The molecule has 0 radical (unpaired) electrons. The van der Waals surface area contributed by atoms with E-state index in [-0.39, 0.29) is 12.2 Å². The van der Waals surface area contributed by atoms with Crippen LogP contribution in [0.2, 0.25) is 0 Å². The fourth-order valence-corrected chi connectivity index (χ4v) is 4.96. The largest absolute Gasteiger partial charge is 0.474 e. The lowest BCUT2D eigenvalue weighted by Crippen LogP contribution is -2.34. The summed E-state index contributed by atoms with van der Waals surface area (Å²) in [6.45, 7) is 3.50. The van der Waals surface area contributed by atoms with E-state index in [9.17, 15) is 5.11 Å². The number of hydrogen-bond acceptors (Lipinski definition) is 8. The molecule has 2 aromatic heterocycles. The van der Waals surface area contributed by atoms with Gasteiger partial charge in [-0.15, -0.1) is 0 Å². The molecule has 168 valence electrons. The molecule has 8 heteroatoms. The van der Waals surface area contributed by atoms with Crippen LogP contribution in [0.1, 0.15) is 62.8 Å². The van der Waals surface area contributed by atoms with Crippen molar-refractivity contribution in [2.24, 2.45) is 0 Å². The van der Waals surface area contributed by atoms with Gasteiger partial charge in [0.1, 0.15) is 6.10 Å². The molecule has 2 saturated heterocycles. The third kappa shape index (κ3) is 4.91. The van der Waals surface area contributed by atoms with E-state index in [0.29, 0.717) is 23.8 Å². The van der Waals surface area contributed by atoms with Crippen molar-refractivity contribution in [3.63, 3.8) is 0 Å². The molecule has 3 fully saturated rings. The maximum absolute atomic E-state index is 9.95. The van der Waals surface area contributed by atoms with Gasteiger partial charge in [-0.1, -0.05) is 0 Å². The maximum atomic E-state index is 9.95. The molecule has 0 atom stereocenters. The van der Waals surface area contributed by atoms with Crippen molar-refractivity contribution in [2.45, 2.75) is 75.5 Å². The number of nitrogens with zero attached hydrogens (tertiary/aromatic N) is 3. The average molecular weight is 428 g/mol. The van der Waals surface area contributed by atoms with Gasteiger partial charge >= 0.3 is 0 Å². The van der Waals surface area contributed by atoms with Gasteiger partial charge in [-0.05, 0) is 70.4 Å². The fraction of sp³-hybridized carbons (Fsp3) is 0.696. The highest BCUT2D eigenvalue weighted by molar-refractivity contribution is 5.86. The van der Waals surface area contributed by atoms with E-state index >= 15 is 0 Å². The molecule has 8 nitrogen and oxygen atoms in total. The van der Waals surface area contributed by atoms with E-state index < -0.39 is 0 Å². The molecule has 1 aliphatic carbocycles. The minimum absolute atomic E-state index is 0.174. The Morgan fingerprint density at radius 2 is 1.74 bits per heavy atom. The second-order valence-electron chi connectivity index (χ2n) is 9.08. The van der Waals surface area contributed by atoms with Crippen LogP contribution in [0, 0.1) is 0 Å². The Morgan fingerprint density at radius 1 is 0.968 bits per heavy atom. The van der Waals surface area contributed by atoms with Gasteiger partial charge in [-0.2, -0.15) is 0 Å². The SMILES string of the molecule is O[C@H]1CC[C@H](c2cnc(OC3CCNCC3)c3cnc(NC4CCOCC4)nc32)CC1. The van der Waals surface area contributed by atoms with Crippen molar-refractivity contribution in [2.75, 3.05) is 31.6 Å². The molecule has 5 rings (SSSR count). The number of ether oxygens (including phenoxy) is 2. The molecule has 2 aliphatic heterocycles. The van der Waals surface area contributed by atoms with Crippen LogP contribution in [0.4, 0.5) is 5.95 Å². The zero-order valence-corrected chi connectivity index (χ0v) is 18.1. The molecular weight excluding hydrogens is 394 g/mol. The Kier molecular flexibility index (Phi) is 6.47. The topological polar surface area (TPSA) is 101 Å². The highest BCUT2D eigenvalue weighted by Gasteiger charge is 2.26. The number of aromatic nitrogens is 3. The Morgan fingerprint density at radius 3 is 2.52 bits per heavy atom. The van der Waals surface area contributed by atoms with Gasteiger partial charge in [-0.25, -0.2) is 15.0 Å². The number of aliphatic hydroxyl groups excluding tert-OH is 1. The van der Waals surface area contributed by atoms with Crippen LogP contribution in [0.15, 0.2) is 12.4 Å². The van der Waals surface area contributed by atoms with E-state index in [1.165, 1.54) is 0 Å². The Labute approximate surface area is 183 Å². The van der Waals surface area contributed by atoms with Gasteiger partial charge in [0, 0.05) is 37.2 Å². The van der Waals surface area contributed by atoms with E-state index in [4.69, 9.17) is 19.4 Å². The van der Waals surface area contributed by atoms with Gasteiger partial charge in [0.15, 0.2) is 0 Å². The third-order valence-electron chi connectivity index (χ3n) is 6.87. The Bertz CT molecular complexity index is 875. The summed E-state index contributed by atoms with van der Waals surface area (Å²) < 4.78 is 11.8. The van der Waals surface area contributed by atoms with Crippen LogP contribution in [0.5, 0.6) is 5.88 Å². The third-order valence-corrected chi connectivity index (χ3v) is 6.87. The molecule has 1 saturated carbocycles. The quantitative estimate of drug-likeness (QED) is 0.670. The van der Waals surface area contributed by atoms with Crippen molar-refractivity contribution < 1.29 is 14.6 Å². The van der Waals surface area contributed by atoms with E-state index in [2.05, 4.69) is 15.6 Å². The first-order chi connectivity index (χ1) is 15.3. The lowest BCUT2D eigenvalue weighted by molar-refractivity contribution is 0.0903. The fourth-order valence-electron chi connectivity index (χ4n) is 4.96. The minimum atomic E-state index is -0.182. The molecule has 0 bridgehead atoms. The van der Waals surface area contributed by atoms with Crippen molar-refractivity contribution in [3.05, 3.63) is 18.0 Å². The molecule has 31 heavy (non-hydrogen) atoms. The normalized spacial score (nSPS) is 26.1. The molecule has 0 unspecified atom stereocenters. The summed E-state index contributed by atoms with van der Waals surface area (Å²) in [5.41, 5.74) is 2.09. The zero-order chi connectivity index (χ0) is 21.0. The monoisotopic (exact) mass is 427 g/mol. The first-order valence-corrected chi connectivity index (χ1v) is 11.8. The highest BCUT2D eigenvalue weighted by Crippen LogP contribution is 2.38. The van der Waals surface area contributed by atoms with Gasteiger partial charge in [0.2, 0.25) is 11.8 Å². The second-order valence-corrected chi connectivity index (χ2v) is 9.08. The van der Waals surface area contributed by atoms with Crippen molar-refractivity contribution in [1.29, 1.82) is 0 Å². The summed E-state index contributed by atoms with van der Waals surface area (Å²) in [4.78, 5) is 14.3. The number of fused-ring (bicyclic) bond motifs is 1. The minimum Gasteiger partial charge on any atom is -0.474 e. The van der Waals surface area contributed by atoms with E-state index in [1.807, 2.05) is 12.4 Å². The van der Waals surface area contributed by atoms with Gasteiger partial charge in [0.25, 0.3) is 0 Å². The summed E-state index contributed by atoms with van der Waals surface area (Å²) >= 11 is 0. The summed E-state index contributed by atoms with van der Waals surface area (Å²) in [6, 6.07) is 0.340. The van der Waals surface area contributed by atoms with Crippen LogP contribution in [0.25, 0.3) is 10.9 Å². The van der Waals surface area contributed by atoms with Crippen LogP contribution >= 0.6 is 0 Å². The van der Waals surface area contributed by atoms with Crippen LogP contribution in [-0.2, 0) is 4.74 Å². The van der Waals surface area contributed by atoms with Crippen molar-refractivity contribution in [1.82, 2.24) is 20.3 Å². The lowest BCUT2D eigenvalue weighted by Gasteiger charge is -2.27. The number of rotatable bonds is 5. The molecule has 0 aromatic carbocycles. The summed E-state index contributed by atoms with van der Waals surface area (Å²) in [5.74, 6) is 1.66. The van der Waals surface area contributed by atoms with E-state index in [1.54, 1.807) is 0 Å². The number of hydrogen-bond donors (Lipinski definition) is 3. The van der Waals surface area contributed by atoms with E-state index in [0.717, 1.165) is 94.1 Å². The first-order valence-electron chi connectivity index (χ1n) is 11.8. The lowest BCUT2D eigenvalue weighted by atomic mass is 9.83. The number of aliphatic hydroxyl groups is 1. The highest BCUT2D eigenvalue weighted by atomic mass is 16.5. The predicted molar refractivity (Wildman–Crippen MR) is 119 cm³/mol. The molecule has 2 aromatic rings. The zero-order valence-electron chi connectivity index (χ0n) is 18.1. The Hall–Kier alpha value is -2.03. The van der Waals surface area contributed by atoms with Crippen LogP contribution < -0.4 is 15.4 Å². The molecule has 0 amide bonds. The molecule has 4 heterocycles. The number of piperidine rings is 1. The second kappa shape index (κ2) is 9.63. The van der Waals surface area contributed by atoms with Gasteiger partial charge in [0.05, 0.1) is 17.0 Å². The number of pyridine rings is 1. The summed E-state index contributed by atoms with van der Waals surface area (Å²) in [6.07, 6.45) is 11.3. The number of nitrogens with one attached hydrogen (secondary N) is 2. The van der Waals surface area contributed by atoms with Crippen molar-refractivity contribution >= 4 is 16.9 Å². The van der Waals surface area contributed by atoms with Gasteiger partial charge in [-0.3, -0.25) is 0 Å². The predicted octanol–water partition coefficient (Wildman–Crippen LogP) is 2.77. The first kappa shape index (κ1) is 20.8. The smallest absolute Gasteiger partial charge is 0.224 e.